The minimum absolute atomic E-state index is 0.211. The van der Waals surface area contributed by atoms with Crippen LogP contribution in [0.1, 0.15) is 26.2 Å². The van der Waals surface area contributed by atoms with Gasteiger partial charge < -0.3 is 9.26 Å². The van der Waals surface area contributed by atoms with Crippen LogP contribution in [0.5, 0.6) is 5.75 Å². The SMILES string of the molecule is CCOc1cccc(-c2noc(CC(C)CC#N)n2)c1. The summed E-state index contributed by atoms with van der Waals surface area (Å²) in [6, 6.07) is 9.73. The molecule has 0 bridgehead atoms. The Morgan fingerprint density at radius 3 is 3.05 bits per heavy atom. The maximum absolute atomic E-state index is 8.65. The molecule has 1 heterocycles. The number of hydrogen-bond acceptors (Lipinski definition) is 5. The second-order valence-corrected chi connectivity index (χ2v) is 4.64. The van der Waals surface area contributed by atoms with Crippen molar-refractivity contribution in [3.05, 3.63) is 30.2 Å². The van der Waals surface area contributed by atoms with Crippen LogP contribution in [0, 0.1) is 17.2 Å². The number of ether oxygens (including phenoxy) is 1. The zero-order valence-electron chi connectivity index (χ0n) is 11.7. The summed E-state index contributed by atoms with van der Waals surface area (Å²) in [5.74, 6) is 2.10. The molecule has 0 aliphatic rings. The van der Waals surface area contributed by atoms with Crippen molar-refractivity contribution in [3.8, 4) is 23.2 Å². The monoisotopic (exact) mass is 271 g/mol. The zero-order chi connectivity index (χ0) is 14.4. The highest BCUT2D eigenvalue weighted by Gasteiger charge is 2.12. The van der Waals surface area contributed by atoms with E-state index in [4.69, 9.17) is 14.5 Å². The first-order valence-electron chi connectivity index (χ1n) is 6.65. The average Bonchev–Trinajstić information content (AvgIpc) is 2.88. The molecule has 0 saturated carbocycles. The highest BCUT2D eigenvalue weighted by atomic mass is 16.5. The summed E-state index contributed by atoms with van der Waals surface area (Å²) in [6.07, 6.45) is 1.10. The summed E-state index contributed by atoms with van der Waals surface area (Å²) in [6.45, 7) is 4.55. The van der Waals surface area contributed by atoms with Crippen molar-refractivity contribution in [2.75, 3.05) is 6.61 Å². The van der Waals surface area contributed by atoms with E-state index in [1.54, 1.807) is 0 Å². The molecule has 0 fully saturated rings. The number of nitrogens with zero attached hydrogens (tertiary/aromatic N) is 3. The van der Waals surface area contributed by atoms with E-state index in [0.29, 0.717) is 31.2 Å². The molecule has 1 unspecified atom stereocenters. The molecule has 0 spiro atoms. The van der Waals surface area contributed by atoms with E-state index in [9.17, 15) is 0 Å². The molecule has 20 heavy (non-hydrogen) atoms. The average molecular weight is 271 g/mol. The van der Waals surface area contributed by atoms with Crippen molar-refractivity contribution in [2.24, 2.45) is 5.92 Å². The van der Waals surface area contributed by atoms with Crippen LogP contribution >= 0.6 is 0 Å². The van der Waals surface area contributed by atoms with E-state index in [1.807, 2.05) is 38.1 Å². The van der Waals surface area contributed by atoms with E-state index < -0.39 is 0 Å². The molecule has 1 atom stereocenters. The fourth-order valence-electron chi connectivity index (χ4n) is 1.87. The third-order valence-electron chi connectivity index (χ3n) is 2.83. The first-order chi connectivity index (χ1) is 9.72. The fourth-order valence-corrected chi connectivity index (χ4v) is 1.87. The van der Waals surface area contributed by atoms with Gasteiger partial charge in [0.1, 0.15) is 5.75 Å². The summed E-state index contributed by atoms with van der Waals surface area (Å²) in [5.41, 5.74) is 0.860. The molecule has 0 radical (unpaired) electrons. The molecule has 104 valence electrons. The van der Waals surface area contributed by atoms with Crippen LogP contribution in [0.4, 0.5) is 0 Å². The van der Waals surface area contributed by atoms with Gasteiger partial charge in [-0.15, -0.1) is 0 Å². The normalized spacial score (nSPS) is 11.8. The lowest BCUT2D eigenvalue weighted by Crippen LogP contribution is -1.98. The van der Waals surface area contributed by atoms with Crippen molar-refractivity contribution in [2.45, 2.75) is 26.7 Å². The molecule has 0 aliphatic carbocycles. The predicted octanol–water partition coefficient (Wildman–Crippen LogP) is 3.23. The van der Waals surface area contributed by atoms with Gasteiger partial charge in [0, 0.05) is 18.4 Å². The highest BCUT2D eigenvalue weighted by molar-refractivity contribution is 5.56. The number of aromatic nitrogens is 2. The van der Waals surface area contributed by atoms with E-state index in [2.05, 4.69) is 16.2 Å². The Hall–Kier alpha value is -2.35. The van der Waals surface area contributed by atoms with Crippen molar-refractivity contribution < 1.29 is 9.26 Å². The summed E-state index contributed by atoms with van der Waals surface area (Å²) < 4.78 is 10.7. The summed E-state index contributed by atoms with van der Waals surface area (Å²) in [5, 5.41) is 12.6. The van der Waals surface area contributed by atoms with Gasteiger partial charge in [0.15, 0.2) is 0 Å². The fraction of sp³-hybridized carbons (Fsp3) is 0.400. The van der Waals surface area contributed by atoms with E-state index in [0.717, 1.165) is 11.3 Å². The number of nitriles is 1. The van der Waals surface area contributed by atoms with Crippen LogP contribution in [0.2, 0.25) is 0 Å². The van der Waals surface area contributed by atoms with Gasteiger partial charge in [-0.3, -0.25) is 0 Å². The summed E-state index contributed by atoms with van der Waals surface area (Å²) in [4.78, 5) is 4.36. The second-order valence-electron chi connectivity index (χ2n) is 4.64. The number of benzene rings is 1. The molecule has 0 N–H and O–H groups in total. The topological polar surface area (TPSA) is 71.9 Å². The minimum atomic E-state index is 0.211. The molecule has 2 rings (SSSR count). The Bertz CT molecular complexity index is 601. The second kappa shape index (κ2) is 6.71. The molecular weight excluding hydrogens is 254 g/mol. The lowest BCUT2D eigenvalue weighted by atomic mass is 10.1. The van der Waals surface area contributed by atoms with E-state index >= 15 is 0 Å². The lowest BCUT2D eigenvalue weighted by Gasteiger charge is -2.03. The van der Waals surface area contributed by atoms with Gasteiger partial charge >= 0.3 is 0 Å². The Morgan fingerprint density at radius 2 is 2.30 bits per heavy atom. The maximum Gasteiger partial charge on any atom is 0.227 e. The van der Waals surface area contributed by atoms with Crippen molar-refractivity contribution in [1.82, 2.24) is 10.1 Å². The van der Waals surface area contributed by atoms with Crippen molar-refractivity contribution in [1.29, 1.82) is 5.26 Å². The summed E-state index contributed by atoms with van der Waals surface area (Å²) in [7, 11) is 0. The van der Waals surface area contributed by atoms with Crippen LogP contribution in [0.25, 0.3) is 11.4 Å². The quantitative estimate of drug-likeness (QED) is 0.806. The van der Waals surface area contributed by atoms with Crippen LogP contribution in [0.15, 0.2) is 28.8 Å². The lowest BCUT2D eigenvalue weighted by molar-refractivity contribution is 0.340. The molecule has 1 aromatic heterocycles. The van der Waals surface area contributed by atoms with Gasteiger partial charge in [0.05, 0.1) is 12.7 Å². The minimum Gasteiger partial charge on any atom is -0.494 e. The molecule has 5 heteroatoms. The van der Waals surface area contributed by atoms with Gasteiger partial charge in [0.25, 0.3) is 0 Å². The molecule has 0 aliphatic heterocycles. The van der Waals surface area contributed by atoms with Crippen LogP contribution in [-0.4, -0.2) is 16.7 Å². The first-order valence-corrected chi connectivity index (χ1v) is 6.65. The maximum atomic E-state index is 8.65. The van der Waals surface area contributed by atoms with Crippen LogP contribution < -0.4 is 4.74 Å². The number of hydrogen-bond donors (Lipinski definition) is 0. The Labute approximate surface area is 118 Å². The van der Waals surface area contributed by atoms with Gasteiger partial charge in [-0.2, -0.15) is 10.2 Å². The number of rotatable bonds is 6. The van der Waals surface area contributed by atoms with E-state index in [1.165, 1.54) is 0 Å². The van der Waals surface area contributed by atoms with Gasteiger partial charge in [-0.05, 0) is 25.0 Å². The smallest absolute Gasteiger partial charge is 0.227 e. The van der Waals surface area contributed by atoms with Crippen molar-refractivity contribution in [3.63, 3.8) is 0 Å². The summed E-state index contributed by atoms with van der Waals surface area (Å²) >= 11 is 0. The first kappa shape index (κ1) is 14.1. The van der Waals surface area contributed by atoms with Crippen LogP contribution in [-0.2, 0) is 6.42 Å². The van der Waals surface area contributed by atoms with Gasteiger partial charge in [0.2, 0.25) is 11.7 Å². The van der Waals surface area contributed by atoms with E-state index in [-0.39, 0.29) is 5.92 Å². The predicted molar refractivity (Wildman–Crippen MR) is 74.0 cm³/mol. The molecule has 0 saturated heterocycles. The standard InChI is InChI=1S/C15H17N3O2/c1-3-19-13-6-4-5-12(10-13)15-17-14(20-18-15)9-11(2)7-8-16/h4-6,10-11H,3,7,9H2,1-2H3. The Kier molecular flexibility index (Phi) is 4.72. The third-order valence-corrected chi connectivity index (χ3v) is 2.83. The zero-order valence-corrected chi connectivity index (χ0v) is 11.7. The third kappa shape index (κ3) is 3.58. The largest absolute Gasteiger partial charge is 0.494 e. The van der Waals surface area contributed by atoms with Crippen molar-refractivity contribution >= 4 is 0 Å². The molecular formula is C15H17N3O2. The van der Waals surface area contributed by atoms with Crippen LogP contribution in [0.3, 0.4) is 0 Å². The molecule has 5 nitrogen and oxygen atoms in total. The van der Waals surface area contributed by atoms with Gasteiger partial charge in [-0.25, -0.2) is 0 Å². The Morgan fingerprint density at radius 1 is 1.45 bits per heavy atom. The molecule has 1 aromatic carbocycles. The van der Waals surface area contributed by atoms with Gasteiger partial charge in [-0.1, -0.05) is 24.2 Å². The Balaban J connectivity index is 2.12. The molecule has 0 amide bonds. The highest BCUT2D eigenvalue weighted by Crippen LogP contribution is 2.22. The molecule has 2 aromatic rings.